The first-order valence-electron chi connectivity index (χ1n) is 14.7. The number of carbonyl (C=O) groups excluding carboxylic acids is 3. The average molecular weight is 553 g/mol. The van der Waals surface area contributed by atoms with Crippen LogP contribution in [0.3, 0.4) is 0 Å². The maximum absolute atomic E-state index is 14.5. The third-order valence-electron chi connectivity index (χ3n) is 12.9. The molecule has 8 heteroatoms. The number of hydrogen-bond donors (Lipinski definition) is 2. The highest BCUT2D eigenvalue weighted by molar-refractivity contribution is 5.91. The lowest BCUT2D eigenvalue weighted by molar-refractivity contribution is -0.173. The van der Waals surface area contributed by atoms with Gasteiger partial charge in [-0.05, 0) is 52.9 Å². The van der Waals surface area contributed by atoms with Crippen LogP contribution < -0.4 is 0 Å². The molecule has 0 aromatic heterocycles. The molecule has 2 saturated heterocycles. The molecule has 13 atom stereocenters. The summed E-state index contributed by atoms with van der Waals surface area (Å²) in [6.07, 6.45) is 6.62. The van der Waals surface area contributed by atoms with Gasteiger partial charge in [0.15, 0.2) is 0 Å². The summed E-state index contributed by atoms with van der Waals surface area (Å²) < 4.78 is 18.3. The molecule has 216 valence electrons. The van der Waals surface area contributed by atoms with E-state index >= 15 is 0 Å². The quantitative estimate of drug-likeness (QED) is 0.220. The van der Waals surface area contributed by atoms with E-state index in [4.69, 9.17) is 14.2 Å². The Morgan fingerprint density at radius 3 is 2.52 bits per heavy atom. The fourth-order valence-corrected chi connectivity index (χ4v) is 10.9. The van der Waals surface area contributed by atoms with E-state index in [1.165, 1.54) is 6.92 Å². The van der Waals surface area contributed by atoms with E-state index < -0.39 is 57.7 Å². The van der Waals surface area contributed by atoms with Crippen LogP contribution in [0.2, 0.25) is 0 Å². The van der Waals surface area contributed by atoms with Crippen molar-refractivity contribution in [1.29, 1.82) is 0 Å². The summed E-state index contributed by atoms with van der Waals surface area (Å²) in [5.74, 6) is -2.66. The number of hydrogen-bond acceptors (Lipinski definition) is 8. The van der Waals surface area contributed by atoms with Crippen molar-refractivity contribution in [2.75, 3.05) is 0 Å². The van der Waals surface area contributed by atoms with Crippen molar-refractivity contribution in [2.45, 2.75) is 96.2 Å². The van der Waals surface area contributed by atoms with Gasteiger partial charge in [0.25, 0.3) is 0 Å². The minimum atomic E-state index is -1.32. The predicted octanol–water partition coefficient (Wildman–Crippen LogP) is 3.41. The zero-order valence-corrected chi connectivity index (χ0v) is 23.9. The fourth-order valence-electron chi connectivity index (χ4n) is 10.9. The monoisotopic (exact) mass is 552 g/mol. The van der Waals surface area contributed by atoms with Gasteiger partial charge in [0.1, 0.15) is 23.9 Å². The minimum Gasteiger partial charge on any atom is -0.461 e. The maximum Gasteiger partial charge on any atom is 0.334 e. The number of fused-ring (bicyclic) bond motifs is 6. The molecule has 40 heavy (non-hydrogen) atoms. The van der Waals surface area contributed by atoms with Crippen LogP contribution in [0.1, 0.15) is 66.7 Å². The fraction of sp³-hybridized carbons (Fsp3) is 0.719. The van der Waals surface area contributed by atoms with Gasteiger partial charge in [0, 0.05) is 52.9 Å². The van der Waals surface area contributed by atoms with Crippen LogP contribution in [0, 0.1) is 45.8 Å². The minimum absolute atomic E-state index is 0.213. The molecule has 5 fully saturated rings. The summed E-state index contributed by atoms with van der Waals surface area (Å²) >= 11 is 0. The van der Waals surface area contributed by atoms with E-state index in [0.29, 0.717) is 31.3 Å². The second-order valence-electron chi connectivity index (χ2n) is 14.4. The first kappa shape index (κ1) is 26.4. The molecule has 7 rings (SSSR count). The van der Waals surface area contributed by atoms with E-state index in [1.807, 2.05) is 13.8 Å². The lowest BCUT2D eigenvalue weighted by Crippen LogP contribution is -2.51. The Morgan fingerprint density at radius 2 is 1.82 bits per heavy atom. The van der Waals surface area contributed by atoms with Crippen molar-refractivity contribution in [2.24, 2.45) is 45.8 Å². The molecule has 7 aliphatic rings. The number of ether oxygens (including phenoxy) is 3. The highest BCUT2D eigenvalue weighted by Gasteiger charge is 2.84. The third kappa shape index (κ3) is 2.78. The molecule has 0 unspecified atom stereocenters. The Morgan fingerprint density at radius 1 is 1.10 bits per heavy atom. The van der Waals surface area contributed by atoms with Crippen molar-refractivity contribution in [3.63, 3.8) is 0 Å². The highest BCUT2D eigenvalue weighted by Crippen LogP contribution is 2.80. The Hall–Kier alpha value is -2.45. The van der Waals surface area contributed by atoms with E-state index in [-0.39, 0.29) is 42.0 Å². The van der Waals surface area contributed by atoms with E-state index in [9.17, 15) is 24.6 Å². The molecule has 0 aromatic rings. The van der Waals surface area contributed by atoms with Gasteiger partial charge in [-0.25, -0.2) is 4.79 Å². The van der Waals surface area contributed by atoms with Gasteiger partial charge in [-0.15, -0.1) is 0 Å². The zero-order chi connectivity index (χ0) is 28.8. The molecule has 2 heterocycles. The molecule has 3 saturated carbocycles. The van der Waals surface area contributed by atoms with Crippen LogP contribution in [0.4, 0.5) is 0 Å². The Balaban J connectivity index is 1.42. The summed E-state index contributed by atoms with van der Waals surface area (Å²) in [6.45, 7) is 13.0. The van der Waals surface area contributed by atoms with Crippen molar-refractivity contribution < 1.29 is 38.8 Å². The van der Waals surface area contributed by atoms with Crippen LogP contribution in [0.15, 0.2) is 36.0 Å². The summed E-state index contributed by atoms with van der Waals surface area (Å²) in [7, 11) is 0. The lowest BCUT2D eigenvalue weighted by Gasteiger charge is -2.45. The summed E-state index contributed by atoms with van der Waals surface area (Å²) in [5.41, 5.74) is -3.69. The number of esters is 3. The molecule has 0 aromatic carbocycles. The van der Waals surface area contributed by atoms with Gasteiger partial charge in [0.05, 0.1) is 11.0 Å². The van der Waals surface area contributed by atoms with Crippen LogP contribution in [-0.2, 0) is 28.6 Å². The zero-order valence-electron chi connectivity index (χ0n) is 23.9. The van der Waals surface area contributed by atoms with E-state index in [1.54, 1.807) is 6.92 Å². The molecule has 8 nitrogen and oxygen atoms in total. The van der Waals surface area contributed by atoms with Crippen molar-refractivity contribution in [1.82, 2.24) is 0 Å². The smallest absolute Gasteiger partial charge is 0.334 e. The van der Waals surface area contributed by atoms with Gasteiger partial charge in [0.2, 0.25) is 0 Å². The number of allylic oxidation sites excluding steroid dienone is 2. The molecule has 2 bridgehead atoms. The van der Waals surface area contributed by atoms with Crippen LogP contribution in [0.5, 0.6) is 0 Å². The lowest BCUT2D eigenvalue weighted by atomic mass is 9.55. The van der Waals surface area contributed by atoms with Gasteiger partial charge < -0.3 is 24.4 Å². The summed E-state index contributed by atoms with van der Waals surface area (Å²) in [4.78, 5) is 39.5. The molecule has 2 N–H and O–H groups in total. The van der Waals surface area contributed by atoms with Gasteiger partial charge >= 0.3 is 17.9 Å². The Kier molecular flexibility index (Phi) is 5.08. The molecular weight excluding hydrogens is 512 g/mol. The normalized spacial score (nSPS) is 55.6. The largest absolute Gasteiger partial charge is 0.461 e. The number of aliphatic hydroxyl groups is 2. The highest BCUT2D eigenvalue weighted by atomic mass is 16.6. The second-order valence-corrected chi connectivity index (χ2v) is 14.4. The number of carbonyl (C=O) groups is 3. The third-order valence-corrected chi connectivity index (χ3v) is 12.9. The second kappa shape index (κ2) is 7.68. The average Bonchev–Trinajstić information content (AvgIpc) is 3.57. The molecule has 2 aliphatic heterocycles. The van der Waals surface area contributed by atoms with Crippen LogP contribution in [-0.4, -0.2) is 57.6 Å². The van der Waals surface area contributed by atoms with Crippen molar-refractivity contribution in [3.8, 4) is 0 Å². The van der Waals surface area contributed by atoms with Crippen molar-refractivity contribution >= 4 is 17.9 Å². The summed E-state index contributed by atoms with van der Waals surface area (Å²) in [6, 6.07) is 0. The first-order valence-corrected chi connectivity index (χ1v) is 14.7. The molecule has 0 amide bonds. The first-order chi connectivity index (χ1) is 18.6. The maximum atomic E-state index is 14.5. The Bertz CT molecular complexity index is 1310. The molecular formula is C32H40O8. The van der Waals surface area contributed by atoms with Gasteiger partial charge in [-0.3, -0.25) is 9.59 Å². The van der Waals surface area contributed by atoms with Crippen molar-refractivity contribution in [3.05, 3.63) is 36.0 Å². The van der Waals surface area contributed by atoms with Crippen LogP contribution >= 0.6 is 0 Å². The number of rotatable bonds is 1. The van der Waals surface area contributed by atoms with Gasteiger partial charge in [-0.1, -0.05) is 37.3 Å². The topological polar surface area (TPSA) is 119 Å². The molecule has 1 spiro atoms. The van der Waals surface area contributed by atoms with Crippen LogP contribution in [0.25, 0.3) is 0 Å². The van der Waals surface area contributed by atoms with E-state index in [0.717, 1.165) is 5.57 Å². The molecule has 5 aliphatic carbocycles. The SMILES string of the molecule is C=C1C(=O)O[C@@H]2[C@@H]1CC[C@](C)(O)[C@@]13C=C[C@@](C)([C@@H]21)[C@@]1(C3)C(=O)O[C@H]2[C@@H]3C(C)=CC[C@H]3[C@](C)(O)[C@H](OC(C)=O)C[C@@H]21. The van der Waals surface area contributed by atoms with E-state index in [2.05, 4.69) is 31.7 Å². The Labute approximate surface area is 234 Å². The molecule has 0 radical (unpaired) electrons. The standard InChI is InChI=1S/C32H40O8/c1-15-7-8-19-22(15)24-20(13-21(30(19,6)37)38-17(3)33)32(27(35)40-24)14-31-12-11-28(32,4)25(31)23-18(9-10-29(31,5)36)16(2)26(34)39-23/h7,11-12,18-25,36-37H,2,8-10,13-14H2,1,3-6H3/t18-,19-,20+,21-,22-,23-,24-,25-,28+,29+,30+,31-,32-/m1/s1. The van der Waals surface area contributed by atoms with Gasteiger partial charge in [-0.2, -0.15) is 0 Å². The predicted molar refractivity (Wildman–Crippen MR) is 142 cm³/mol. The summed E-state index contributed by atoms with van der Waals surface area (Å²) in [5, 5.41) is 24.1.